The van der Waals surface area contributed by atoms with Crippen LogP contribution in [0.3, 0.4) is 0 Å². The van der Waals surface area contributed by atoms with Gasteiger partial charge in [-0.25, -0.2) is 0 Å². The van der Waals surface area contributed by atoms with Gasteiger partial charge in [0.1, 0.15) is 0 Å². The Hall–Kier alpha value is -1.46. The number of halogens is 1. The van der Waals surface area contributed by atoms with Crippen molar-refractivity contribution in [2.24, 2.45) is 5.92 Å². The van der Waals surface area contributed by atoms with Crippen LogP contribution in [0.4, 0.5) is 0 Å². The first-order valence-corrected chi connectivity index (χ1v) is 7.02. The SMILES string of the molecule is CCOc1cc(CNC(=O)C2CCNC2)ccc1OC.Cl. The molecular weight excluding hydrogens is 292 g/mol. The van der Waals surface area contributed by atoms with Crippen molar-refractivity contribution in [1.29, 1.82) is 0 Å². The van der Waals surface area contributed by atoms with E-state index in [4.69, 9.17) is 9.47 Å². The van der Waals surface area contributed by atoms with Crippen LogP contribution >= 0.6 is 12.4 Å². The van der Waals surface area contributed by atoms with Gasteiger partial charge in [0.15, 0.2) is 11.5 Å². The van der Waals surface area contributed by atoms with Crippen LogP contribution in [0.5, 0.6) is 11.5 Å². The van der Waals surface area contributed by atoms with Crippen molar-refractivity contribution in [1.82, 2.24) is 10.6 Å². The zero-order valence-electron chi connectivity index (χ0n) is 12.5. The molecule has 0 saturated carbocycles. The Kier molecular flexibility index (Phi) is 7.32. The lowest BCUT2D eigenvalue weighted by atomic mass is 10.1. The summed E-state index contributed by atoms with van der Waals surface area (Å²) < 4.78 is 10.8. The molecule has 0 aromatic heterocycles. The summed E-state index contributed by atoms with van der Waals surface area (Å²) in [7, 11) is 1.62. The Balaban J connectivity index is 0.00000220. The van der Waals surface area contributed by atoms with E-state index in [9.17, 15) is 4.79 Å². The maximum Gasteiger partial charge on any atom is 0.224 e. The summed E-state index contributed by atoms with van der Waals surface area (Å²) >= 11 is 0. The van der Waals surface area contributed by atoms with Gasteiger partial charge in [0.05, 0.1) is 19.6 Å². The standard InChI is InChI=1S/C15H22N2O3.ClH/c1-3-20-14-8-11(4-5-13(14)19-2)9-17-15(18)12-6-7-16-10-12;/h4-5,8,12,16H,3,6-7,9-10H2,1-2H3,(H,17,18);1H. The van der Waals surface area contributed by atoms with Crippen LogP contribution in [0.15, 0.2) is 18.2 Å². The number of hydrogen-bond acceptors (Lipinski definition) is 4. The fraction of sp³-hybridized carbons (Fsp3) is 0.533. The summed E-state index contributed by atoms with van der Waals surface area (Å²) in [6, 6.07) is 5.72. The van der Waals surface area contributed by atoms with E-state index in [0.717, 1.165) is 25.1 Å². The second-order valence-corrected chi connectivity index (χ2v) is 4.83. The summed E-state index contributed by atoms with van der Waals surface area (Å²) in [4.78, 5) is 11.9. The molecule has 0 radical (unpaired) electrons. The molecule has 2 rings (SSSR count). The zero-order chi connectivity index (χ0) is 14.4. The van der Waals surface area contributed by atoms with E-state index in [2.05, 4.69) is 10.6 Å². The van der Waals surface area contributed by atoms with Crippen LogP contribution in [0.1, 0.15) is 18.9 Å². The summed E-state index contributed by atoms with van der Waals surface area (Å²) in [5, 5.41) is 6.17. The predicted molar refractivity (Wildman–Crippen MR) is 84.2 cm³/mol. The van der Waals surface area contributed by atoms with Gasteiger partial charge in [0.2, 0.25) is 5.91 Å². The highest BCUT2D eigenvalue weighted by Crippen LogP contribution is 2.28. The van der Waals surface area contributed by atoms with Crippen LogP contribution in [-0.4, -0.2) is 32.7 Å². The number of carbonyl (C=O) groups excluding carboxylic acids is 1. The minimum atomic E-state index is 0. The third-order valence-electron chi connectivity index (χ3n) is 3.43. The summed E-state index contributed by atoms with van der Waals surface area (Å²) in [5.41, 5.74) is 1.01. The minimum absolute atomic E-state index is 0. The summed E-state index contributed by atoms with van der Waals surface area (Å²) in [5.74, 6) is 1.63. The third-order valence-corrected chi connectivity index (χ3v) is 3.43. The van der Waals surface area contributed by atoms with Gasteiger partial charge in [0, 0.05) is 13.1 Å². The van der Waals surface area contributed by atoms with E-state index in [1.165, 1.54) is 0 Å². The second-order valence-electron chi connectivity index (χ2n) is 4.83. The molecule has 1 aromatic rings. The first-order valence-electron chi connectivity index (χ1n) is 7.02. The van der Waals surface area contributed by atoms with Crippen LogP contribution in [-0.2, 0) is 11.3 Å². The van der Waals surface area contributed by atoms with Gasteiger partial charge in [-0.3, -0.25) is 4.79 Å². The molecule has 118 valence electrons. The van der Waals surface area contributed by atoms with Gasteiger partial charge in [0.25, 0.3) is 0 Å². The predicted octanol–water partition coefficient (Wildman–Crippen LogP) is 1.74. The molecule has 1 aliphatic heterocycles. The Morgan fingerprint density at radius 1 is 1.43 bits per heavy atom. The molecule has 0 aliphatic carbocycles. The van der Waals surface area contributed by atoms with Gasteiger partial charge in [-0.2, -0.15) is 0 Å². The van der Waals surface area contributed by atoms with Gasteiger partial charge >= 0.3 is 0 Å². The Labute approximate surface area is 131 Å². The van der Waals surface area contributed by atoms with E-state index < -0.39 is 0 Å². The van der Waals surface area contributed by atoms with Gasteiger partial charge in [-0.1, -0.05) is 6.07 Å². The lowest BCUT2D eigenvalue weighted by Gasteiger charge is -2.13. The van der Waals surface area contributed by atoms with Crippen molar-refractivity contribution in [3.63, 3.8) is 0 Å². The van der Waals surface area contributed by atoms with Crippen LogP contribution in [0, 0.1) is 5.92 Å². The molecule has 1 fully saturated rings. The normalized spacial score (nSPS) is 17.0. The number of methoxy groups -OCH3 is 1. The fourth-order valence-corrected chi connectivity index (χ4v) is 2.31. The monoisotopic (exact) mass is 314 g/mol. The Morgan fingerprint density at radius 2 is 2.24 bits per heavy atom. The van der Waals surface area contributed by atoms with E-state index in [1.54, 1.807) is 7.11 Å². The molecule has 1 saturated heterocycles. The molecule has 0 spiro atoms. The van der Waals surface area contributed by atoms with Gasteiger partial charge < -0.3 is 20.1 Å². The second kappa shape index (κ2) is 8.74. The van der Waals surface area contributed by atoms with Crippen molar-refractivity contribution >= 4 is 18.3 Å². The third kappa shape index (κ3) is 4.79. The molecule has 1 aliphatic rings. The van der Waals surface area contributed by atoms with E-state index >= 15 is 0 Å². The van der Waals surface area contributed by atoms with Crippen molar-refractivity contribution < 1.29 is 14.3 Å². The highest BCUT2D eigenvalue weighted by Gasteiger charge is 2.21. The van der Waals surface area contributed by atoms with Crippen molar-refractivity contribution in [3.8, 4) is 11.5 Å². The van der Waals surface area contributed by atoms with E-state index in [1.807, 2.05) is 25.1 Å². The lowest BCUT2D eigenvalue weighted by molar-refractivity contribution is -0.124. The maximum absolute atomic E-state index is 11.9. The topological polar surface area (TPSA) is 59.6 Å². The Morgan fingerprint density at radius 3 is 2.86 bits per heavy atom. The van der Waals surface area contributed by atoms with Gasteiger partial charge in [-0.15, -0.1) is 12.4 Å². The number of rotatable bonds is 6. The van der Waals surface area contributed by atoms with Crippen molar-refractivity contribution in [3.05, 3.63) is 23.8 Å². The molecule has 0 bridgehead atoms. The van der Waals surface area contributed by atoms with Crippen molar-refractivity contribution in [2.45, 2.75) is 19.9 Å². The molecule has 1 atom stereocenters. The highest BCUT2D eigenvalue weighted by molar-refractivity contribution is 5.85. The number of ether oxygens (including phenoxy) is 2. The fourth-order valence-electron chi connectivity index (χ4n) is 2.31. The van der Waals surface area contributed by atoms with E-state index in [-0.39, 0.29) is 24.2 Å². The first kappa shape index (κ1) is 17.6. The van der Waals surface area contributed by atoms with Crippen LogP contribution < -0.4 is 20.1 Å². The largest absolute Gasteiger partial charge is 0.493 e. The number of nitrogens with one attached hydrogen (secondary N) is 2. The number of benzene rings is 1. The molecule has 1 amide bonds. The Bertz CT molecular complexity index is 462. The molecule has 5 nitrogen and oxygen atoms in total. The average Bonchev–Trinajstić information content (AvgIpc) is 2.99. The van der Waals surface area contributed by atoms with E-state index in [0.29, 0.717) is 24.7 Å². The zero-order valence-corrected chi connectivity index (χ0v) is 13.3. The van der Waals surface area contributed by atoms with Gasteiger partial charge in [-0.05, 0) is 37.6 Å². The number of amides is 1. The molecule has 21 heavy (non-hydrogen) atoms. The number of carbonyl (C=O) groups is 1. The summed E-state index contributed by atoms with van der Waals surface area (Å²) in [6.07, 6.45) is 0.915. The molecular formula is C15H23ClN2O3. The smallest absolute Gasteiger partial charge is 0.224 e. The molecule has 1 unspecified atom stereocenters. The molecule has 6 heteroatoms. The maximum atomic E-state index is 11.9. The van der Waals surface area contributed by atoms with Crippen LogP contribution in [0.2, 0.25) is 0 Å². The highest BCUT2D eigenvalue weighted by atomic mass is 35.5. The molecule has 1 heterocycles. The lowest BCUT2D eigenvalue weighted by Crippen LogP contribution is -2.31. The minimum Gasteiger partial charge on any atom is -0.493 e. The quantitative estimate of drug-likeness (QED) is 0.840. The van der Waals surface area contributed by atoms with Crippen molar-refractivity contribution in [2.75, 3.05) is 26.8 Å². The first-order chi connectivity index (χ1) is 9.74. The average molecular weight is 315 g/mol. The van der Waals surface area contributed by atoms with Crippen LogP contribution in [0.25, 0.3) is 0 Å². The molecule has 2 N–H and O–H groups in total. The molecule has 1 aromatic carbocycles. The number of hydrogen-bond donors (Lipinski definition) is 2. The summed E-state index contributed by atoms with van der Waals surface area (Å²) in [6.45, 7) is 4.73.